The molecule has 1 aromatic rings. The van der Waals surface area contributed by atoms with Gasteiger partial charge in [-0.2, -0.15) is 0 Å². The molecule has 1 rings (SSSR count). The quantitative estimate of drug-likeness (QED) is 0.780. The van der Waals surface area contributed by atoms with E-state index in [4.69, 9.17) is 0 Å². The lowest BCUT2D eigenvalue weighted by Gasteiger charge is -2.16. The third-order valence-corrected chi connectivity index (χ3v) is 2.82. The summed E-state index contributed by atoms with van der Waals surface area (Å²) in [7, 11) is 4.94. The van der Waals surface area contributed by atoms with Crippen LogP contribution in [0.25, 0.3) is 0 Å². The van der Waals surface area contributed by atoms with Gasteiger partial charge in [0.05, 0.1) is 13.5 Å². The van der Waals surface area contributed by atoms with Crippen molar-refractivity contribution >= 4 is 11.9 Å². The van der Waals surface area contributed by atoms with E-state index in [9.17, 15) is 9.59 Å². The van der Waals surface area contributed by atoms with Crippen molar-refractivity contribution in [3.05, 3.63) is 35.4 Å². The maximum absolute atomic E-state index is 11.4. The molecule has 0 saturated heterocycles. The predicted octanol–water partition coefficient (Wildman–Crippen LogP) is 1.04. The average Bonchev–Trinajstić information content (AvgIpc) is 2.44. The van der Waals surface area contributed by atoms with Crippen LogP contribution in [-0.4, -0.2) is 44.5 Å². The van der Waals surface area contributed by atoms with Crippen LogP contribution in [0.1, 0.15) is 22.3 Å². The Hall–Kier alpha value is -1.88. The van der Waals surface area contributed by atoms with Crippen LogP contribution in [0.2, 0.25) is 0 Å². The number of ether oxygens (including phenoxy) is 1. The van der Waals surface area contributed by atoms with Gasteiger partial charge in [-0.1, -0.05) is 12.1 Å². The second-order valence-corrected chi connectivity index (χ2v) is 4.34. The van der Waals surface area contributed by atoms with Gasteiger partial charge in [-0.25, -0.2) is 0 Å². The predicted molar refractivity (Wildman–Crippen MR) is 72.8 cm³/mol. The summed E-state index contributed by atoms with van der Waals surface area (Å²) in [6, 6.07) is 7.42. The highest BCUT2D eigenvalue weighted by Gasteiger charge is 2.06. The molecule has 0 saturated carbocycles. The average molecular weight is 264 g/mol. The van der Waals surface area contributed by atoms with Gasteiger partial charge in [0.2, 0.25) is 0 Å². The van der Waals surface area contributed by atoms with Crippen LogP contribution in [0.5, 0.6) is 0 Å². The topological polar surface area (TPSA) is 58.6 Å². The van der Waals surface area contributed by atoms with E-state index < -0.39 is 0 Å². The maximum Gasteiger partial charge on any atom is 0.306 e. The molecule has 0 aliphatic rings. The smallest absolute Gasteiger partial charge is 0.306 e. The number of hydrogen-bond acceptors (Lipinski definition) is 4. The van der Waals surface area contributed by atoms with Gasteiger partial charge in [-0.15, -0.1) is 0 Å². The Morgan fingerprint density at radius 3 is 2.42 bits per heavy atom. The molecule has 5 heteroatoms. The Labute approximate surface area is 113 Å². The summed E-state index contributed by atoms with van der Waals surface area (Å²) < 4.78 is 4.60. The number of carbonyl (C=O) groups is 2. The molecule has 104 valence electrons. The number of hydrogen-bond donors (Lipinski definition) is 1. The molecule has 0 radical (unpaired) electrons. The molecule has 0 aromatic heterocycles. The molecule has 0 spiro atoms. The van der Waals surface area contributed by atoms with Crippen LogP contribution in [0, 0.1) is 0 Å². The van der Waals surface area contributed by atoms with E-state index in [0.717, 1.165) is 12.1 Å². The number of amides is 1. The molecule has 0 heterocycles. The monoisotopic (exact) mass is 264 g/mol. The van der Waals surface area contributed by atoms with E-state index in [0.29, 0.717) is 18.5 Å². The first-order valence-electron chi connectivity index (χ1n) is 6.13. The van der Waals surface area contributed by atoms with Crippen molar-refractivity contribution in [3.8, 4) is 0 Å². The fourth-order valence-electron chi connectivity index (χ4n) is 1.68. The maximum atomic E-state index is 11.4. The van der Waals surface area contributed by atoms with Gasteiger partial charge in [-0.05, 0) is 24.7 Å². The van der Waals surface area contributed by atoms with Gasteiger partial charge >= 0.3 is 5.97 Å². The standard InChI is InChI=1S/C14H20N2O3/c1-15-14(18)12-6-4-11(5-7-12)10-16(2)9-8-13(17)19-3/h4-7H,8-10H2,1-3H3,(H,15,18). The van der Waals surface area contributed by atoms with Gasteiger partial charge in [0.25, 0.3) is 5.91 Å². The van der Waals surface area contributed by atoms with Crippen molar-refractivity contribution in [2.24, 2.45) is 0 Å². The van der Waals surface area contributed by atoms with Crippen LogP contribution < -0.4 is 5.32 Å². The van der Waals surface area contributed by atoms with E-state index in [1.807, 2.05) is 24.1 Å². The number of benzene rings is 1. The summed E-state index contributed by atoms with van der Waals surface area (Å²) in [4.78, 5) is 24.4. The van der Waals surface area contributed by atoms with Gasteiger partial charge in [-0.3, -0.25) is 9.59 Å². The van der Waals surface area contributed by atoms with E-state index >= 15 is 0 Å². The Balaban J connectivity index is 2.48. The largest absolute Gasteiger partial charge is 0.469 e. The number of rotatable bonds is 6. The summed E-state index contributed by atoms with van der Waals surface area (Å²) in [5, 5.41) is 2.58. The van der Waals surface area contributed by atoms with Crippen molar-refractivity contribution in [3.63, 3.8) is 0 Å². The van der Waals surface area contributed by atoms with E-state index in [2.05, 4.69) is 10.1 Å². The zero-order valence-corrected chi connectivity index (χ0v) is 11.6. The fourth-order valence-corrected chi connectivity index (χ4v) is 1.68. The highest BCUT2D eigenvalue weighted by Crippen LogP contribution is 2.07. The summed E-state index contributed by atoms with van der Waals surface area (Å²) in [5.41, 5.74) is 1.74. The van der Waals surface area contributed by atoms with Gasteiger partial charge in [0.15, 0.2) is 0 Å². The Kier molecular flexibility index (Phi) is 6.02. The van der Waals surface area contributed by atoms with E-state index in [-0.39, 0.29) is 11.9 Å². The number of nitrogens with one attached hydrogen (secondary N) is 1. The minimum atomic E-state index is -0.207. The summed E-state index contributed by atoms with van der Waals surface area (Å²) in [5.74, 6) is -0.299. The highest BCUT2D eigenvalue weighted by atomic mass is 16.5. The van der Waals surface area contributed by atoms with Gasteiger partial charge in [0, 0.05) is 25.7 Å². The molecular formula is C14H20N2O3. The van der Waals surface area contributed by atoms with Crippen molar-refractivity contribution in [2.45, 2.75) is 13.0 Å². The second kappa shape index (κ2) is 7.53. The zero-order chi connectivity index (χ0) is 14.3. The number of carbonyl (C=O) groups excluding carboxylic acids is 2. The first-order valence-corrected chi connectivity index (χ1v) is 6.13. The van der Waals surface area contributed by atoms with Crippen LogP contribution in [0.3, 0.4) is 0 Å². The first kappa shape index (κ1) is 15.2. The van der Waals surface area contributed by atoms with Crippen LogP contribution in [0.4, 0.5) is 0 Å². The molecule has 5 nitrogen and oxygen atoms in total. The SMILES string of the molecule is CNC(=O)c1ccc(CN(C)CCC(=O)OC)cc1. The van der Waals surface area contributed by atoms with Crippen LogP contribution in [0.15, 0.2) is 24.3 Å². The molecule has 0 aliphatic heterocycles. The lowest BCUT2D eigenvalue weighted by Crippen LogP contribution is -2.22. The zero-order valence-electron chi connectivity index (χ0n) is 11.6. The van der Waals surface area contributed by atoms with Crippen molar-refractivity contribution in [1.82, 2.24) is 10.2 Å². The molecule has 0 unspecified atom stereocenters. The number of nitrogens with zero attached hydrogens (tertiary/aromatic N) is 1. The summed E-state index contributed by atoms with van der Waals surface area (Å²) in [6.07, 6.45) is 0.378. The molecule has 1 N–H and O–H groups in total. The van der Waals surface area contributed by atoms with E-state index in [1.165, 1.54) is 7.11 Å². The Bertz CT molecular complexity index is 429. The minimum Gasteiger partial charge on any atom is -0.469 e. The second-order valence-electron chi connectivity index (χ2n) is 4.34. The van der Waals surface area contributed by atoms with Crippen LogP contribution in [-0.2, 0) is 16.1 Å². The van der Waals surface area contributed by atoms with Crippen LogP contribution >= 0.6 is 0 Å². The highest BCUT2D eigenvalue weighted by molar-refractivity contribution is 5.93. The first-order chi connectivity index (χ1) is 9.06. The summed E-state index contributed by atoms with van der Waals surface area (Å²) >= 11 is 0. The fraction of sp³-hybridized carbons (Fsp3) is 0.429. The third kappa shape index (κ3) is 5.09. The molecular weight excluding hydrogens is 244 g/mol. The molecule has 0 aliphatic carbocycles. The molecule has 0 atom stereocenters. The van der Waals surface area contributed by atoms with Crippen molar-refractivity contribution in [1.29, 1.82) is 0 Å². The molecule has 0 bridgehead atoms. The Morgan fingerprint density at radius 2 is 1.89 bits per heavy atom. The van der Waals surface area contributed by atoms with Gasteiger partial charge in [0.1, 0.15) is 0 Å². The number of methoxy groups -OCH3 is 1. The lowest BCUT2D eigenvalue weighted by atomic mass is 10.1. The summed E-state index contributed by atoms with van der Waals surface area (Å²) in [6.45, 7) is 1.37. The lowest BCUT2D eigenvalue weighted by molar-refractivity contribution is -0.140. The Morgan fingerprint density at radius 1 is 1.26 bits per heavy atom. The van der Waals surface area contributed by atoms with Crippen molar-refractivity contribution in [2.75, 3.05) is 27.7 Å². The van der Waals surface area contributed by atoms with E-state index in [1.54, 1.807) is 19.2 Å². The normalized spacial score (nSPS) is 10.3. The number of esters is 1. The molecule has 19 heavy (non-hydrogen) atoms. The van der Waals surface area contributed by atoms with Crippen molar-refractivity contribution < 1.29 is 14.3 Å². The van der Waals surface area contributed by atoms with Gasteiger partial charge < -0.3 is 15.0 Å². The molecule has 1 amide bonds. The minimum absolute atomic E-state index is 0.0920. The third-order valence-electron chi connectivity index (χ3n) is 2.82. The molecule has 0 fully saturated rings. The molecule has 1 aromatic carbocycles.